The van der Waals surface area contributed by atoms with Crippen LogP contribution in [0.15, 0.2) is 12.7 Å². The van der Waals surface area contributed by atoms with Crippen molar-refractivity contribution >= 4 is 12.1 Å². The van der Waals surface area contributed by atoms with Crippen molar-refractivity contribution < 1.29 is 19.4 Å². The van der Waals surface area contributed by atoms with E-state index in [2.05, 4.69) is 6.58 Å². The Hall–Kier alpha value is -1.52. The Morgan fingerprint density at radius 3 is 2.56 bits per heavy atom. The zero-order valence-corrected chi connectivity index (χ0v) is 9.22. The number of carboxylic acid groups (broad SMARTS) is 1. The first kappa shape index (κ1) is 12.5. The van der Waals surface area contributed by atoms with Crippen LogP contribution < -0.4 is 0 Å². The van der Waals surface area contributed by atoms with Gasteiger partial charge in [0.1, 0.15) is 13.2 Å². The van der Waals surface area contributed by atoms with Gasteiger partial charge in [0, 0.05) is 6.04 Å². The lowest BCUT2D eigenvalue weighted by atomic mass is 10.2. The molecule has 0 aromatic rings. The SMILES string of the molecule is C=CCOC(=O)N(CC(=O)O)C1CCCC1. The predicted molar refractivity (Wildman–Crippen MR) is 58.1 cm³/mol. The van der Waals surface area contributed by atoms with Crippen LogP contribution in [0, 0.1) is 0 Å². The quantitative estimate of drug-likeness (QED) is 0.725. The third-order valence-corrected chi connectivity index (χ3v) is 2.63. The minimum atomic E-state index is -1.01. The minimum Gasteiger partial charge on any atom is -0.480 e. The minimum absolute atomic E-state index is 0.00779. The van der Waals surface area contributed by atoms with Crippen molar-refractivity contribution in [3.8, 4) is 0 Å². The number of nitrogens with zero attached hydrogens (tertiary/aromatic N) is 1. The molecule has 0 atom stereocenters. The molecular formula is C11H17NO4. The van der Waals surface area contributed by atoms with E-state index in [9.17, 15) is 9.59 Å². The van der Waals surface area contributed by atoms with Gasteiger partial charge in [-0.25, -0.2) is 4.79 Å². The second-order valence-electron chi connectivity index (χ2n) is 3.83. The highest BCUT2D eigenvalue weighted by Crippen LogP contribution is 2.23. The summed E-state index contributed by atoms with van der Waals surface area (Å²) in [6.45, 7) is 3.26. The zero-order valence-electron chi connectivity index (χ0n) is 9.22. The van der Waals surface area contributed by atoms with Gasteiger partial charge in [-0.2, -0.15) is 0 Å². The first-order chi connectivity index (χ1) is 7.65. The number of amides is 1. The molecule has 0 radical (unpaired) electrons. The van der Waals surface area contributed by atoms with Crippen molar-refractivity contribution in [2.24, 2.45) is 0 Å². The largest absolute Gasteiger partial charge is 0.480 e. The van der Waals surface area contributed by atoms with E-state index in [1.165, 1.54) is 11.0 Å². The van der Waals surface area contributed by atoms with Gasteiger partial charge in [0.2, 0.25) is 0 Å². The summed E-state index contributed by atoms with van der Waals surface area (Å²) in [5.41, 5.74) is 0. The van der Waals surface area contributed by atoms with Gasteiger partial charge < -0.3 is 9.84 Å². The van der Waals surface area contributed by atoms with Gasteiger partial charge in [0.25, 0.3) is 0 Å². The van der Waals surface area contributed by atoms with Crippen LogP contribution in [-0.2, 0) is 9.53 Å². The average Bonchev–Trinajstić information content (AvgIpc) is 2.75. The molecule has 0 unspecified atom stereocenters. The summed E-state index contributed by atoms with van der Waals surface area (Å²) >= 11 is 0. The van der Waals surface area contributed by atoms with Crippen LogP contribution in [0.5, 0.6) is 0 Å². The fraction of sp³-hybridized carbons (Fsp3) is 0.636. The summed E-state index contributed by atoms with van der Waals surface area (Å²) < 4.78 is 4.87. The van der Waals surface area contributed by atoms with Crippen LogP contribution >= 0.6 is 0 Å². The Labute approximate surface area is 94.7 Å². The molecule has 0 heterocycles. The molecule has 0 bridgehead atoms. The van der Waals surface area contributed by atoms with Gasteiger partial charge in [-0.05, 0) is 12.8 Å². The zero-order chi connectivity index (χ0) is 12.0. The van der Waals surface area contributed by atoms with E-state index in [-0.39, 0.29) is 19.2 Å². The third-order valence-electron chi connectivity index (χ3n) is 2.63. The second kappa shape index (κ2) is 6.15. The second-order valence-corrected chi connectivity index (χ2v) is 3.83. The molecular weight excluding hydrogens is 210 g/mol. The van der Waals surface area contributed by atoms with Gasteiger partial charge in [0.05, 0.1) is 0 Å². The highest BCUT2D eigenvalue weighted by Gasteiger charge is 2.29. The van der Waals surface area contributed by atoms with Gasteiger partial charge in [-0.15, -0.1) is 0 Å². The van der Waals surface area contributed by atoms with Crippen molar-refractivity contribution in [3.63, 3.8) is 0 Å². The summed E-state index contributed by atoms with van der Waals surface area (Å²) in [6.07, 6.45) is 4.69. The van der Waals surface area contributed by atoms with Gasteiger partial charge in [0.15, 0.2) is 0 Å². The fourth-order valence-electron chi connectivity index (χ4n) is 1.92. The highest BCUT2D eigenvalue weighted by molar-refractivity contribution is 5.77. The van der Waals surface area contributed by atoms with Gasteiger partial charge in [-0.1, -0.05) is 25.5 Å². The van der Waals surface area contributed by atoms with Crippen molar-refractivity contribution in [2.45, 2.75) is 31.7 Å². The molecule has 0 spiro atoms. The number of carboxylic acids is 1. The smallest absolute Gasteiger partial charge is 0.410 e. The van der Waals surface area contributed by atoms with Crippen molar-refractivity contribution in [1.82, 2.24) is 4.90 Å². The van der Waals surface area contributed by atoms with Crippen LogP contribution in [0.4, 0.5) is 4.79 Å². The lowest BCUT2D eigenvalue weighted by molar-refractivity contribution is -0.138. The Morgan fingerprint density at radius 1 is 1.44 bits per heavy atom. The molecule has 1 aliphatic rings. The number of hydrogen-bond acceptors (Lipinski definition) is 3. The summed E-state index contributed by atoms with van der Waals surface area (Å²) in [6, 6.07) is 0.00779. The molecule has 1 amide bonds. The summed E-state index contributed by atoms with van der Waals surface area (Å²) in [7, 11) is 0. The lowest BCUT2D eigenvalue weighted by Crippen LogP contribution is -2.42. The molecule has 1 saturated carbocycles. The Balaban J connectivity index is 2.57. The molecule has 1 fully saturated rings. The molecule has 0 saturated heterocycles. The van der Waals surface area contributed by atoms with E-state index in [1.807, 2.05) is 0 Å². The Bertz CT molecular complexity index is 271. The maximum atomic E-state index is 11.6. The first-order valence-electron chi connectivity index (χ1n) is 5.41. The number of carbonyl (C=O) groups excluding carboxylic acids is 1. The van der Waals surface area contributed by atoms with E-state index in [4.69, 9.17) is 9.84 Å². The summed E-state index contributed by atoms with van der Waals surface area (Å²) in [5.74, 6) is -1.01. The third kappa shape index (κ3) is 3.56. The highest BCUT2D eigenvalue weighted by atomic mass is 16.6. The van der Waals surface area contributed by atoms with E-state index in [1.54, 1.807) is 0 Å². The normalized spacial score (nSPS) is 15.8. The van der Waals surface area contributed by atoms with Crippen molar-refractivity contribution in [3.05, 3.63) is 12.7 Å². The van der Waals surface area contributed by atoms with Crippen LogP contribution in [0.1, 0.15) is 25.7 Å². The molecule has 1 N–H and O–H groups in total. The van der Waals surface area contributed by atoms with E-state index < -0.39 is 12.1 Å². The number of rotatable bonds is 5. The molecule has 5 heteroatoms. The number of aliphatic carboxylic acids is 1. The monoisotopic (exact) mass is 227 g/mol. The van der Waals surface area contributed by atoms with Gasteiger partial charge >= 0.3 is 12.1 Å². The summed E-state index contributed by atoms with van der Waals surface area (Å²) in [4.78, 5) is 23.6. The van der Waals surface area contributed by atoms with E-state index >= 15 is 0 Å². The lowest BCUT2D eigenvalue weighted by Gasteiger charge is -2.26. The summed E-state index contributed by atoms with van der Waals surface area (Å²) in [5, 5.41) is 8.75. The molecule has 0 aromatic heterocycles. The first-order valence-corrected chi connectivity index (χ1v) is 5.41. The van der Waals surface area contributed by atoms with Crippen molar-refractivity contribution in [1.29, 1.82) is 0 Å². The predicted octanol–water partition coefficient (Wildman–Crippen LogP) is 1.64. The number of hydrogen-bond donors (Lipinski definition) is 1. The van der Waals surface area contributed by atoms with E-state index in [0.29, 0.717) is 0 Å². The molecule has 0 aromatic carbocycles. The fourth-order valence-corrected chi connectivity index (χ4v) is 1.92. The molecule has 16 heavy (non-hydrogen) atoms. The molecule has 90 valence electrons. The van der Waals surface area contributed by atoms with E-state index in [0.717, 1.165) is 25.7 Å². The molecule has 0 aliphatic heterocycles. The van der Waals surface area contributed by atoms with Crippen LogP contribution in [-0.4, -0.2) is 41.3 Å². The maximum absolute atomic E-state index is 11.6. The number of carbonyl (C=O) groups is 2. The average molecular weight is 227 g/mol. The molecule has 5 nitrogen and oxygen atoms in total. The molecule has 1 rings (SSSR count). The Kier molecular flexibility index (Phi) is 4.82. The van der Waals surface area contributed by atoms with Crippen LogP contribution in [0.25, 0.3) is 0 Å². The standard InChI is InChI=1S/C11H17NO4/c1-2-7-16-11(15)12(8-10(13)14)9-5-3-4-6-9/h2,9H,1,3-8H2,(H,13,14). The van der Waals surface area contributed by atoms with Crippen molar-refractivity contribution in [2.75, 3.05) is 13.2 Å². The van der Waals surface area contributed by atoms with Crippen LogP contribution in [0.3, 0.4) is 0 Å². The molecule has 1 aliphatic carbocycles. The number of ether oxygens (including phenoxy) is 1. The van der Waals surface area contributed by atoms with Gasteiger partial charge in [-0.3, -0.25) is 9.69 Å². The maximum Gasteiger partial charge on any atom is 0.410 e. The van der Waals surface area contributed by atoms with Crippen LogP contribution in [0.2, 0.25) is 0 Å². The Morgan fingerprint density at radius 2 is 2.06 bits per heavy atom. The topological polar surface area (TPSA) is 66.8 Å².